The highest BCUT2D eigenvalue weighted by molar-refractivity contribution is 6.22. The molecule has 0 bridgehead atoms. The van der Waals surface area contributed by atoms with E-state index in [0.717, 1.165) is 5.56 Å². The molecular weight excluding hydrogens is 380 g/mol. The third-order valence-electron chi connectivity index (χ3n) is 5.31. The summed E-state index contributed by atoms with van der Waals surface area (Å²) in [6, 6.07) is 18.0. The Morgan fingerprint density at radius 3 is 2.33 bits per heavy atom. The fraction of sp³-hybridized carbons (Fsp3) is 0.125. The number of amides is 3. The molecule has 1 unspecified atom stereocenters. The van der Waals surface area contributed by atoms with E-state index in [1.165, 1.54) is 29.2 Å². The molecule has 1 aliphatic rings. The summed E-state index contributed by atoms with van der Waals surface area (Å²) in [6.45, 7) is 3.57. The number of aromatic hydroxyl groups is 1. The van der Waals surface area contributed by atoms with Gasteiger partial charge in [0.25, 0.3) is 17.7 Å². The van der Waals surface area contributed by atoms with Crippen LogP contribution in [0.15, 0.2) is 66.7 Å². The maximum Gasteiger partial charge on any atom is 0.262 e. The van der Waals surface area contributed by atoms with Crippen LogP contribution in [0.5, 0.6) is 5.75 Å². The Morgan fingerprint density at radius 2 is 1.63 bits per heavy atom. The Balaban J connectivity index is 1.61. The van der Waals surface area contributed by atoms with Crippen LogP contribution in [-0.2, 0) is 0 Å². The number of carbonyl (C=O) groups excluding carboxylic acids is 3. The van der Waals surface area contributed by atoms with Crippen LogP contribution < -0.4 is 5.32 Å². The molecule has 6 nitrogen and oxygen atoms in total. The van der Waals surface area contributed by atoms with Crippen molar-refractivity contribution in [3.8, 4) is 5.75 Å². The minimum absolute atomic E-state index is 0.111. The second-order valence-electron chi connectivity index (χ2n) is 7.28. The summed E-state index contributed by atoms with van der Waals surface area (Å²) in [4.78, 5) is 39.8. The number of aryl methyl sites for hydroxylation is 1. The Bertz CT molecular complexity index is 1170. The fourth-order valence-corrected chi connectivity index (χ4v) is 3.62. The average molecular weight is 400 g/mol. The smallest absolute Gasteiger partial charge is 0.262 e. The van der Waals surface area contributed by atoms with E-state index in [-0.39, 0.29) is 22.8 Å². The third-order valence-corrected chi connectivity index (χ3v) is 5.31. The number of anilines is 1. The lowest BCUT2D eigenvalue weighted by atomic mass is 10.0. The molecule has 0 radical (unpaired) electrons. The third kappa shape index (κ3) is 3.33. The maximum absolute atomic E-state index is 13.0. The lowest BCUT2D eigenvalue weighted by molar-refractivity contribution is 0.0595. The number of nitrogens with zero attached hydrogens (tertiary/aromatic N) is 1. The number of hydrogen-bond acceptors (Lipinski definition) is 4. The molecule has 1 aliphatic heterocycles. The van der Waals surface area contributed by atoms with Crippen molar-refractivity contribution in [3.63, 3.8) is 0 Å². The van der Waals surface area contributed by atoms with Gasteiger partial charge in [0.2, 0.25) is 0 Å². The molecule has 0 aliphatic carbocycles. The van der Waals surface area contributed by atoms with Crippen molar-refractivity contribution >= 4 is 23.4 Å². The highest BCUT2D eigenvalue weighted by Crippen LogP contribution is 2.32. The number of rotatable bonds is 4. The van der Waals surface area contributed by atoms with E-state index in [4.69, 9.17) is 0 Å². The first-order valence-corrected chi connectivity index (χ1v) is 9.54. The molecule has 3 aromatic rings. The van der Waals surface area contributed by atoms with E-state index in [9.17, 15) is 19.5 Å². The van der Waals surface area contributed by atoms with Gasteiger partial charge < -0.3 is 10.4 Å². The molecule has 150 valence electrons. The van der Waals surface area contributed by atoms with Gasteiger partial charge in [-0.1, -0.05) is 30.3 Å². The van der Waals surface area contributed by atoms with Gasteiger partial charge in [-0.3, -0.25) is 19.3 Å². The Hall–Kier alpha value is -3.93. The van der Waals surface area contributed by atoms with Crippen LogP contribution in [0.2, 0.25) is 0 Å². The first kappa shape index (κ1) is 19.4. The molecule has 0 fully saturated rings. The maximum atomic E-state index is 13.0. The molecule has 0 saturated carbocycles. The lowest BCUT2D eigenvalue weighted by Crippen LogP contribution is -2.32. The van der Waals surface area contributed by atoms with Crippen LogP contribution >= 0.6 is 0 Å². The minimum Gasteiger partial charge on any atom is -0.508 e. The van der Waals surface area contributed by atoms with Crippen LogP contribution in [0.3, 0.4) is 0 Å². The number of phenolic OH excluding ortho intramolecular Hbond substituents is 1. The fourth-order valence-electron chi connectivity index (χ4n) is 3.62. The van der Waals surface area contributed by atoms with Crippen molar-refractivity contribution in [2.45, 2.75) is 19.9 Å². The summed E-state index contributed by atoms with van der Waals surface area (Å²) < 4.78 is 0. The molecule has 0 aromatic heterocycles. The highest BCUT2D eigenvalue weighted by Gasteiger charge is 2.39. The second kappa shape index (κ2) is 7.48. The van der Waals surface area contributed by atoms with Gasteiger partial charge in [-0.05, 0) is 61.4 Å². The predicted molar refractivity (Wildman–Crippen MR) is 113 cm³/mol. The summed E-state index contributed by atoms with van der Waals surface area (Å²) in [5.74, 6) is -1.07. The molecule has 30 heavy (non-hydrogen) atoms. The van der Waals surface area contributed by atoms with Gasteiger partial charge in [0, 0.05) is 11.3 Å². The Kier molecular flexibility index (Phi) is 4.83. The van der Waals surface area contributed by atoms with Crippen molar-refractivity contribution in [1.82, 2.24) is 4.90 Å². The molecule has 3 aromatic carbocycles. The largest absolute Gasteiger partial charge is 0.508 e. The van der Waals surface area contributed by atoms with Gasteiger partial charge in [0.15, 0.2) is 0 Å². The van der Waals surface area contributed by atoms with E-state index in [1.54, 1.807) is 26.0 Å². The van der Waals surface area contributed by atoms with Crippen LogP contribution in [0.4, 0.5) is 5.69 Å². The zero-order chi connectivity index (χ0) is 21.4. The number of hydrogen-bond donors (Lipinski definition) is 2. The van der Waals surface area contributed by atoms with Gasteiger partial charge >= 0.3 is 0 Å². The van der Waals surface area contributed by atoms with Gasteiger partial charge in [0.05, 0.1) is 17.2 Å². The first-order chi connectivity index (χ1) is 14.4. The van der Waals surface area contributed by atoms with Crippen molar-refractivity contribution < 1.29 is 19.5 Å². The predicted octanol–water partition coefficient (Wildman–Crippen LogP) is 4.31. The van der Waals surface area contributed by atoms with Gasteiger partial charge in [-0.25, -0.2) is 0 Å². The van der Waals surface area contributed by atoms with E-state index in [0.29, 0.717) is 16.8 Å². The van der Waals surface area contributed by atoms with E-state index >= 15 is 0 Å². The number of fused-ring (bicyclic) bond motifs is 1. The molecule has 1 heterocycles. The monoisotopic (exact) mass is 400 g/mol. The van der Waals surface area contributed by atoms with Crippen LogP contribution in [0, 0.1) is 6.92 Å². The topological polar surface area (TPSA) is 86.7 Å². The minimum atomic E-state index is -0.421. The first-order valence-electron chi connectivity index (χ1n) is 9.54. The summed E-state index contributed by atoms with van der Waals surface area (Å²) in [6.07, 6.45) is 0. The van der Waals surface area contributed by atoms with Crippen molar-refractivity contribution in [2.24, 2.45) is 0 Å². The summed E-state index contributed by atoms with van der Waals surface area (Å²) in [7, 11) is 0. The molecule has 2 N–H and O–H groups in total. The normalized spacial score (nSPS) is 13.9. The Morgan fingerprint density at radius 1 is 0.933 bits per heavy atom. The van der Waals surface area contributed by atoms with E-state index < -0.39 is 17.9 Å². The molecule has 1 atom stereocenters. The number of carbonyl (C=O) groups is 3. The molecule has 0 spiro atoms. The molecule has 0 saturated heterocycles. The van der Waals surface area contributed by atoms with Crippen LogP contribution in [0.25, 0.3) is 0 Å². The number of imide groups is 1. The number of nitrogens with one attached hydrogen (secondary N) is 1. The van der Waals surface area contributed by atoms with Crippen molar-refractivity contribution in [1.29, 1.82) is 0 Å². The lowest BCUT2D eigenvalue weighted by Gasteiger charge is -2.22. The highest BCUT2D eigenvalue weighted by atomic mass is 16.3. The van der Waals surface area contributed by atoms with Gasteiger partial charge in [-0.2, -0.15) is 0 Å². The number of phenols is 1. The molecule has 6 heteroatoms. The van der Waals surface area contributed by atoms with E-state index in [1.807, 2.05) is 30.3 Å². The SMILES string of the molecule is Cc1cc(O)ccc1NC(=O)c1ccc2c(c1)C(=O)N(C(C)c1ccccc1)C2=O. The zero-order valence-corrected chi connectivity index (χ0v) is 16.5. The quantitative estimate of drug-likeness (QED) is 0.505. The van der Waals surface area contributed by atoms with Crippen LogP contribution in [0.1, 0.15) is 55.2 Å². The van der Waals surface area contributed by atoms with E-state index in [2.05, 4.69) is 5.32 Å². The molecule has 3 amide bonds. The molecule has 4 rings (SSSR count). The van der Waals surface area contributed by atoms with Crippen LogP contribution in [-0.4, -0.2) is 27.7 Å². The zero-order valence-electron chi connectivity index (χ0n) is 16.5. The standard InChI is InChI=1S/C24H20N2O4/c1-14-12-18(27)9-11-21(14)25-22(28)17-8-10-19-20(13-17)24(30)26(23(19)29)15(2)16-6-4-3-5-7-16/h3-13,15,27H,1-2H3,(H,25,28). The van der Waals surface area contributed by atoms with Crippen molar-refractivity contribution in [2.75, 3.05) is 5.32 Å². The summed E-state index contributed by atoms with van der Waals surface area (Å²) in [5, 5.41) is 12.3. The van der Waals surface area contributed by atoms with Crippen molar-refractivity contribution in [3.05, 3.63) is 94.5 Å². The summed E-state index contributed by atoms with van der Waals surface area (Å²) in [5.41, 5.74) is 2.90. The van der Waals surface area contributed by atoms with Gasteiger partial charge in [-0.15, -0.1) is 0 Å². The second-order valence-corrected chi connectivity index (χ2v) is 7.28. The summed E-state index contributed by atoms with van der Waals surface area (Å²) >= 11 is 0. The molecular formula is C24H20N2O4. The Labute approximate surface area is 173 Å². The van der Waals surface area contributed by atoms with Gasteiger partial charge in [0.1, 0.15) is 5.75 Å². The number of benzene rings is 3. The average Bonchev–Trinajstić information content (AvgIpc) is 3.00.